The number of hydrogen-bond donors (Lipinski definition) is 2. The summed E-state index contributed by atoms with van der Waals surface area (Å²) in [4.78, 5) is 36.6. The van der Waals surface area contributed by atoms with Gasteiger partial charge in [0.2, 0.25) is 5.91 Å². The molecular formula is C20H26F3N3O5. The average Bonchev–Trinajstić information content (AvgIpc) is 2.75. The van der Waals surface area contributed by atoms with Crippen LogP contribution in [0.1, 0.15) is 18.4 Å². The summed E-state index contributed by atoms with van der Waals surface area (Å²) in [5.74, 6) is -2.09. The van der Waals surface area contributed by atoms with E-state index in [4.69, 9.17) is 14.6 Å². The number of carbonyl (C=O) groups is 3. The lowest BCUT2D eigenvalue weighted by Gasteiger charge is -2.35. The Hall–Kier alpha value is -2.82. The normalized spacial score (nSPS) is 17.6. The predicted octanol–water partition coefficient (Wildman–Crippen LogP) is 2.10. The quantitative estimate of drug-likeness (QED) is 0.737. The van der Waals surface area contributed by atoms with Crippen molar-refractivity contribution < 1.29 is 37.4 Å². The van der Waals surface area contributed by atoms with E-state index in [0.29, 0.717) is 32.2 Å². The number of piperazine rings is 1. The van der Waals surface area contributed by atoms with Crippen molar-refractivity contribution in [1.29, 1.82) is 0 Å². The molecule has 1 aromatic rings. The number of alkyl halides is 3. The number of ether oxygens (including phenoxy) is 1. The average molecular weight is 445 g/mol. The highest BCUT2D eigenvalue weighted by atomic mass is 19.4. The number of nitrogens with one attached hydrogen (secondary N) is 1. The van der Waals surface area contributed by atoms with Gasteiger partial charge >= 0.3 is 18.2 Å². The first-order chi connectivity index (χ1) is 14.7. The van der Waals surface area contributed by atoms with Crippen LogP contribution in [0.15, 0.2) is 30.3 Å². The van der Waals surface area contributed by atoms with E-state index in [1.54, 1.807) is 4.90 Å². The number of carboxylic acid groups (broad SMARTS) is 1. The van der Waals surface area contributed by atoms with Crippen molar-refractivity contribution in [3.63, 3.8) is 0 Å². The first kappa shape index (κ1) is 24.4. The fourth-order valence-electron chi connectivity index (χ4n) is 3.26. The molecule has 0 saturated carbocycles. The maximum atomic E-state index is 12.2. The van der Waals surface area contributed by atoms with Gasteiger partial charge in [-0.3, -0.25) is 4.79 Å². The SMILES string of the molecule is O=C(O)C(F)(F)F.O=C1CNCCN1CC1CCN(C(=O)OCc2ccccc2)CC1. The van der Waals surface area contributed by atoms with Gasteiger partial charge in [0.15, 0.2) is 0 Å². The number of nitrogens with zero attached hydrogens (tertiary/aromatic N) is 2. The van der Waals surface area contributed by atoms with Gasteiger partial charge in [-0.2, -0.15) is 13.2 Å². The molecule has 0 radical (unpaired) electrons. The minimum Gasteiger partial charge on any atom is -0.475 e. The number of hydrogen-bond acceptors (Lipinski definition) is 5. The Balaban J connectivity index is 0.000000423. The van der Waals surface area contributed by atoms with Gasteiger partial charge in [-0.25, -0.2) is 9.59 Å². The molecule has 0 aliphatic carbocycles. The smallest absolute Gasteiger partial charge is 0.475 e. The summed E-state index contributed by atoms with van der Waals surface area (Å²) in [6.45, 7) is 4.65. The van der Waals surface area contributed by atoms with E-state index in [0.717, 1.165) is 38.0 Å². The summed E-state index contributed by atoms with van der Waals surface area (Å²) in [5.41, 5.74) is 0.998. The van der Waals surface area contributed by atoms with E-state index in [9.17, 15) is 22.8 Å². The van der Waals surface area contributed by atoms with Crippen LogP contribution in [0.25, 0.3) is 0 Å². The Morgan fingerprint density at radius 3 is 2.29 bits per heavy atom. The number of rotatable bonds is 4. The molecule has 2 aliphatic rings. The van der Waals surface area contributed by atoms with Gasteiger partial charge in [0.05, 0.1) is 6.54 Å². The Kier molecular flexibility index (Phi) is 9.10. The highest BCUT2D eigenvalue weighted by Crippen LogP contribution is 2.20. The fourth-order valence-corrected chi connectivity index (χ4v) is 3.26. The third-order valence-corrected chi connectivity index (χ3v) is 4.99. The van der Waals surface area contributed by atoms with Crippen LogP contribution in [0.2, 0.25) is 0 Å². The van der Waals surface area contributed by atoms with E-state index < -0.39 is 12.1 Å². The lowest BCUT2D eigenvalue weighted by Crippen LogP contribution is -2.50. The molecule has 0 aromatic heterocycles. The fraction of sp³-hybridized carbons (Fsp3) is 0.550. The van der Waals surface area contributed by atoms with Crippen molar-refractivity contribution in [2.24, 2.45) is 5.92 Å². The summed E-state index contributed by atoms with van der Waals surface area (Å²) >= 11 is 0. The third-order valence-electron chi connectivity index (χ3n) is 4.99. The second-order valence-electron chi connectivity index (χ2n) is 7.29. The Morgan fingerprint density at radius 1 is 1.13 bits per heavy atom. The molecule has 11 heteroatoms. The second kappa shape index (κ2) is 11.5. The third kappa shape index (κ3) is 8.44. The standard InChI is InChI=1S/C18H25N3O3.C2HF3O2/c22-17-12-19-8-11-21(17)13-15-6-9-20(10-7-15)18(23)24-14-16-4-2-1-3-5-16;3-2(4,5)1(6)7/h1-5,15,19H,6-14H2;(H,6,7). The number of likely N-dealkylation sites (tertiary alicyclic amines) is 1. The monoisotopic (exact) mass is 445 g/mol. The molecule has 2 N–H and O–H groups in total. The first-order valence-electron chi connectivity index (χ1n) is 9.91. The Labute approximate surface area is 177 Å². The van der Waals surface area contributed by atoms with E-state index >= 15 is 0 Å². The number of amides is 2. The number of carboxylic acids is 1. The summed E-state index contributed by atoms with van der Waals surface area (Å²) in [5, 5.41) is 10.2. The molecule has 2 saturated heterocycles. The maximum absolute atomic E-state index is 12.2. The zero-order chi connectivity index (χ0) is 22.9. The summed E-state index contributed by atoms with van der Waals surface area (Å²) < 4.78 is 37.1. The minimum atomic E-state index is -5.08. The Bertz CT molecular complexity index is 737. The molecule has 2 heterocycles. The van der Waals surface area contributed by atoms with Gasteiger partial charge in [-0.15, -0.1) is 0 Å². The molecule has 0 unspecified atom stereocenters. The molecule has 2 fully saturated rings. The van der Waals surface area contributed by atoms with Gasteiger partial charge in [0.1, 0.15) is 6.61 Å². The van der Waals surface area contributed by atoms with Crippen molar-refractivity contribution in [1.82, 2.24) is 15.1 Å². The Morgan fingerprint density at radius 2 is 1.74 bits per heavy atom. The molecule has 1 aromatic carbocycles. The van der Waals surface area contributed by atoms with Crippen LogP contribution in [-0.4, -0.2) is 78.3 Å². The van der Waals surface area contributed by atoms with Crippen LogP contribution in [0.5, 0.6) is 0 Å². The predicted molar refractivity (Wildman–Crippen MR) is 104 cm³/mol. The molecule has 31 heavy (non-hydrogen) atoms. The van der Waals surface area contributed by atoms with Crippen molar-refractivity contribution in [3.8, 4) is 0 Å². The number of benzene rings is 1. The van der Waals surface area contributed by atoms with Gasteiger partial charge < -0.3 is 25.0 Å². The maximum Gasteiger partial charge on any atom is 0.490 e. The first-order valence-corrected chi connectivity index (χ1v) is 9.91. The largest absolute Gasteiger partial charge is 0.490 e. The molecule has 172 valence electrons. The van der Waals surface area contributed by atoms with Crippen LogP contribution < -0.4 is 5.32 Å². The molecule has 0 bridgehead atoms. The van der Waals surface area contributed by atoms with Crippen molar-refractivity contribution in [2.45, 2.75) is 25.6 Å². The van der Waals surface area contributed by atoms with Crippen molar-refractivity contribution in [2.75, 3.05) is 39.3 Å². The highest BCUT2D eigenvalue weighted by molar-refractivity contribution is 5.79. The van der Waals surface area contributed by atoms with Gasteiger partial charge in [-0.05, 0) is 24.3 Å². The molecule has 8 nitrogen and oxygen atoms in total. The topological polar surface area (TPSA) is 99.2 Å². The number of piperidine rings is 1. The van der Waals surface area contributed by atoms with E-state index in [2.05, 4.69) is 5.32 Å². The summed E-state index contributed by atoms with van der Waals surface area (Å²) in [7, 11) is 0. The van der Waals surface area contributed by atoms with Crippen LogP contribution in [-0.2, 0) is 20.9 Å². The second-order valence-corrected chi connectivity index (χ2v) is 7.29. The lowest BCUT2D eigenvalue weighted by molar-refractivity contribution is -0.192. The van der Waals surface area contributed by atoms with Crippen LogP contribution in [0, 0.1) is 5.92 Å². The molecule has 0 spiro atoms. The molecule has 2 amide bonds. The van der Waals surface area contributed by atoms with Gasteiger partial charge in [0, 0.05) is 32.7 Å². The zero-order valence-corrected chi connectivity index (χ0v) is 16.9. The minimum absolute atomic E-state index is 0.186. The van der Waals surface area contributed by atoms with Crippen molar-refractivity contribution >= 4 is 18.0 Å². The van der Waals surface area contributed by atoms with E-state index in [-0.39, 0.29) is 12.0 Å². The van der Waals surface area contributed by atoms with Gasteiger partial charge in [-0.1, -0.05) is 30.3 Å². The number of aliphatic carboxylic acids is 1. The van der Waals surface area contributed by atoms with Crippen LogP contribution >= 0.6 is 0 Å². The van der Waals surface area contributed by atoms with Crippen molar-refractivity contribution in [3.05, 3.63) is 35.9 Å². The van der Waals surface area contributed by atoms with Crippen LogP contribution in [0.4, 0.5) is 18.0 Å². The highest BCUT2D eigenvalue weighted by Gasteiger charge is 2.38. The van der Waals surface area contributed by atoms with Crippen LogP contribution in [0.3, 0.4) is 0 Å². The number of carbonyl (C=O) groups excluding carboxylic acids is 2. The summed E-state index contributed by atoms with van der Waals surface area (Å²) in [6.07, 6.45) is -3.47. The lowest BCUT2D eigenvalue weighted by atomic mass is 9.96. The molecular weight excluding hydrogens is 419 g/mol. The number of halogens is 3. The molecule has 0 atom stereocenters. The molecule has 2 aliphatic heterocycles. The van der Waals surface area contributed by atoms with E-state index in [1.165, 1.54) is 0 Å². The van der Waals surface area contributed by atoms with Gasteiger partial charge in [0.25, 0.3) is 0 Å². The summed E-state index contributed by atoms with van der Waals surface area (Å²) in [6, 6.07) is 9.71. The zero-order valence-electron chi connectivity index (χ0n) is 16.9. The molecule has 3 rings (SSSR count). The van der Waals surface area contributed by atoms with E-state index in [1.807, 2.05) is 35.2 Å².